The number of nitrogens with two attached hydrogens (primary N) is 1. The van der Waals surface area contributed by atoms with E-state index in [4.69, 9.17) is 5.73 Å². The Morgan fingerprint density at radius 2 is 2.10 bits per heavy atom. The maximum atomic E-state index is 12.2. The van der Waals surface area contributed by atoms with E-state index in [-0.39, 0.29) is 16.4 Å². The molecule has 1 heterocycles. The van der Waals surface area contributed by atoms with Crippen LogP contribution in [0.15, 0.2) is 33.6 Å². The predicted octanol–water partition coefficient (Wildman–Crippen LogP) is 1.38. The van der Waals surface area contributed by atoms with Crippen molar-refractivity contribution in [2.75, 3.05) is 4.72 Å². The molecule has 7 nitrogen and oxygen atoms in total. The molecule has 1 aromatic carbocycles. The van der Waals surface area contributed by atoms with Crippen molar-refractivity contribution in [3.05, 3.63) is 40.0 Å². The van der Waals surface area contributed by atoms with Crippen molar-refractivity contribution in [2.45, 2.75) is 11.8 Å². The van der Waals surface area contributed by atoms with Crippen molar-refractivity contribution in [3.8, 4) is 0 Å². The van der Waals surface area contributed by atoms with E-state index in [2.05, 4.69) is 30.8 Å². The average molecular weight is 359 g/mol. The quantitative estimate of drug-likeness (QED) is 0.764. The summed E-state index contributed by atoms with van der Waals surface area (Å²) in [7, 11) is -3.81. The van der Waals surface area contributed by atoms with E-state index in [0.717, 1.165) is 5.56 Å². The van der Waals surface area contributed by atoms with Crippen molar-refractivity contribution < 1.29 is 13.2 Å². The van der Waals surface area contributed by atoms with Crippen LogP contribution in [0, 0.1) is 6.92 Å². The summed E-state index contributed by atoms with van der Waals surface area (Å²) in [6, 6.07) is 6.17. The lowest BCUT2D eigenvalue weighted by Crippen LogP contribution is -2.14. The lowest BCUT2D eigenvalue weighted by atomic mass is 10.2. The second kappa shape index (κ2) is 5.25. The fourth-order valence-electron chi connectivity index (χ4n) is 1.51. The lowest BCUT2D eigenvalue weighted by molar-refractivity contribution is 0.0995. The van der Waals surface area contributed by atoms with Crippen LogP contribution in [-0.4, -0.2) is 24.5 Å². The zero-order valence-electron chi connectivity index (χ0n) is 10.3. The van der Waals surface area contributed by atoms with Gasteiger partial charge in [0.25, 0.3) is 15.9 Å². The first kappa shape index (κ1) is 14.5. The number of H-pyrrole nitrogens is 1. The summed E-state index contributed by atoms with van der Waals surface area (Å²) in [5.41, 5.74) is 5.87. The Balaban J connectivity index is 2.35. The molecule has 106 valence electrons. The molecule has 9 heteroatoms. The maximum absolute atomic E-state index is 12.2. The highest BCUT2D eigenvalue weighted by atomic mass is 79.9. The van der Waals surface area contributed by atoms with Crippen LogP contribution in [0.4, 0.5) is 5.82 Å². The Hall–Kier alpha value is -1.87. The van der Waals surface area contributed by atoms with Gasteiger partial charge >= 0.3 is 0 Å². The molecule has 0 unspecified atom stereocenters. The molecule has 4 N–H and O–H groups in total. The highest BCUT2D eigenvalue weighted by Gasteiger charge is 2.19. The summed E-state index contributed by atoms with van der Waals surface area (Å²) in [5.74, 6) is -0.730. The number of primary amides is 1. The van der Waals surface area contributed by atoms with Crippen molar-refractivity contribution in [1.29, 1.82) is 0 Å². The van der Waals surface area contributed by atoms with Gasteiger partial charge in [-0.05, 0) is 40.5 Å². The number of aryl methyl sites for hydroxylation is 1. The van der Waals surface area contributed by atoms with Gasteiger partial charge in [0.05, 0.1) is 0 Å². The molecular weight excluding hydrogens is 348 g/mol. The predicted molar refractivity (Wildman–Crippen MR) is 76.8 cm³/mol. The van der Waals surface area contributed by atoms with Gasteiger partial charge in [-0.3, -0.25) is 14.6 Å². The van der Waals surface area contributed by atoms with Gasteiger partial charge in [0, 0.05) is 10.5 Å². The zero-order chi connectivity index (χ0) is 14.9. The molecular formula is C11H11BrN4O3S. The lowest BCUT2D eigenvalue weighted by Gasteiger charge is -2.08. The summed E-state index contributed by atoms with van der Waals surface area (Å²) in [5, 5.41) is 6.01. The number of aromatic nitrogens is 2. The summed E-state index contributed by atoms with van der Waals surface area (Å²) in [6.07, 6.45) is 0. The second-order valence-corrected chi connectivity index (χ2v) is 6.58. The summed E-state index contributed by atoms with van der Waals surface area (Å²) < 4.78 is 27.2. The molecule has 0 spiro atoms. The number of halogens is 1. The van der Waals surface area contributed by atoms with Gasteiger partial charge in [0.2, 0.25) is 0 Å². The number of rotatable bonds is 4. The molecule has 1 aromatic heterocycles. The van der Waals surface area contributed by atoms with Gasteiger partial charge in [0.15, 0.2) is 5.82 Å². The molecule has 0 atom stereocenters. The van der Waals surface area contributed by atoms with Crippen molar-refractivity contribution >= 4 is 37.7 Å². The Labute approximate surface area is 123 Å². The number of hydrogen-bond acceptors (Lipinski definition) is 4. The molecule has 2 aromatic rings. The van der Waals surface area contributed by atoms with Crippen molar-refractivity contribution in [2.24, 2.45) is 5.73 Å². The maximum Gasteiger partial charge on any atom is 0.266 e. The van der Waals surface area contributed by atoms with Crippen LogP contribution in [0.25, 0.3) is 0 Å². The molecule has 0 radical (unpaired) electrons. The molecule has 2 rings (SSSR count). The number of amides is 1. The number of sulfonamides is 1. The van der Waals surface area contributed by atoms with E-state index in [9.17, 15) is 13.2 Å². The van der Waals surface area contributed by atoms with Gasteiger partial charge in [0.1, 0.15) is 10.6 Å². The number of nitrogens with one attached hydrogen (secondary N) is 2. The van der Waals surface area contributed by atoms with E-state index in [1.54, 1.807) is 19.1 Å². The SMILES string of the molecule is Cc1ccc(Br)c(S(=O)(=O)Nc2cc(C(N)=O)[nH]n2)c1. The fraction of sp³-hybridized carbons (Fsp3) is 0.0909. The minimum atomic E-state index is -3.81. The Morgan fingerprint density at radius 3 is 2.70 bits per heavy atom. The number of carbonyl (C=O) groups excluding carboxylic acids is 1. The number of hydrogen-bond donors (Lipinski definition) is 3. The minimum absolute atomic E-state index is 0.00722. The molecule has 1 amide bonds. The number of aromatic amines is 1. The topological polar surface area (TPSA) is 118 Å². The van der Waals surface area contributed by atoms with E-state index in [0.29, 0.717) is 4.47 Å². The van der Waals surface area contributed by atoms with Gasteiger partial charge in [-0.25, -0.2) is 8.42 Å². The van der Waals surface area contributed by atoms with Crippen molar-refractivity contribution in [1.82, 2.24) is 10.2 Å². The molecule has 0 aliphatic heterocycles. The van der Waals surface area contributed by atoms with E-state index in [1.165, 1.54) is 12.1 Å². The van der Waals surface area contributed by atoms with Crippen LogP contribution in [0.5, 0.6) is 0 Å². The first-order valence-electron chi connectivity index (χ1n) is 5.44. The highest BCUT2D eigenvalue weighted by Crippen LogP contribution is 2.24. The smallest absolute Gasteiger partial charge is 0.266 e. The molecule has 0 bridgehead atoms. The highest BCUT2D eigenvalue weighted by molar-refractivity contribution is 9.10. The van der Waals surface area contributed by atoms with Gasteiger partial charge in [-0.1, -0.05) is 6.07 Å². The third-order valence-corrected chi connectivity index (χ3v) is 4.81. The van der Waals surface area contributed by atoms with E-state index in [1.807, 2.05) is 0 Å². The normalized spacial score (nSPS) is 11.3. The summed E-state index contributed by atoms with van der Waals surface area (Å²) >= 11 is 3.19. The first-order valence-corrected chi connectivity index (χ1v) is 7.71. The van der Waals surface area contributed by atoms with Crippen LogP contribution in [0.2, 0.25) is 0 Å². The number of nitrogens with zero attached hydrogens (tertiary/aromatic N) is 1. The number of anilines is 1. The third kappa shape index (κ3) is 2.99. The second-order valence-electron chi connectivity index (χ2n) is 4.07. The first-order chi connectivity index (χ1) is 9.29. The van der Waals surface area contributed by atoms with Gasteiger partial charge < -0.3 is 5.73 Å². The molecule has 0 fully saturated rings. The summed E-state index contributed by atoms with van der Waals surface area (Å²) in [6.45, 7) is 1.78. The number of carbonyl (C=O) groups is 1. The monoisotopic (exact) mass is 358 g/mol. The van der Waals surface area contributed by atoms with Crippen LogP contribution < -0.4 is 10.5 Å². The van der Waals surface area contributed by atoms with Gasteiger partial charge in [-0.15, -0.1) is 0 Å². The molecule has 0 saturated heterocycles. The molecule has 20 heavy (non-hydrogen) atoms. The largest absolute Gasteiger partial charge is 0.364 e. The minimum Gasteiger partial charge on any atom is -0.364 e. The van der Waals surface area contributed by atoms with Gasteiger partial charge in [-0.2, -0.15) is 5.10 Å². The zero-order valence-corrected chi connectivity index (χ0v) is 12.7. The Bertz CT molecular complexity index is 770. The molecule has 0 aliphatic carbocycles. The molecule has 0 saturated carbocycles. The average Bonchev–Trinajstić information content (AvgIpc) is 2.80. The standard InChI is InChI=1S/C11H11BrN4O3S/c1-6-2-3-7(12)9(4-6)20(18,19)16-10-5-8(11(13)17)14-15-10/h2-5H,1H3,(H2,13,17)(H2,14,15,16). The van der Waals surface area contributed by atoms with Crippen LogP contribution in [-0.2, 0) is 10.0 Å². The Kier molecular flexibility index (Phi) is 3.82. The van der Waals surface area contributed by atoms with Crippen molar-refractivity contribution in [3.63, 3.8) is 0 Å². The third-order valence-electron chi connectivity index (χ3n) is 2.46. The van der Waals surface area contributed by atoms with Crippen LogP contribution in [0.3, 0.4) is 0 Å². The van der Waals surface area contributed by atoms with E-state index >= 15 is 0 Å². The van der Waals surface area contributed by atoms with Crippen LogP contribution in [0.1, 0.15) is 16.1 Å². The number of benzene rings is 1. The summed E-state index contributed by atoms with van der Waals surface area (Å²) in [4.78, 5) is 11.0. The Morgan fingerprint density at radius 1 is 1.40 bits per heavy atom. The molecule has 0 aliphatic rings. The van der Waals surface area contributed by atoms with E-state index < -0.39 is 15.9 Å². The van der Waals surface area contributed by atoms with Crippen LogP contribution >= 0.6 is 15.9 Å². The fourth-order valence-corrected chi connectivity index (χ4v) is 3.55.